The minimum atomic E-state index is -2.98. The Morgan fingerprint density at radius 3 is 2.56 bits per heavy atom. The van der Waals surface area contributed by atoms with Crippen molar-refractivity contribution < 1.29 is 18.6 Å². The Labute approximate surface area is 107 Å². The van der Waals surface area contributed by atoms with E-state index in [1.165, 1.54) is 12.1 Å². The molecule has 0 saturated carbocycles. The lowest BCUT2D eigenvalue weighted by molar-refractivity contribution is 0.437. The summed E-state index contributed by atoms with van der Waals surface area (Å²) in [7, 11) is -2.98. The first kappa shape index (κ1) is 14.8. The van der Waals surface area contributed by atoms with Gasteiger partial charge in [-0.25, -0.2) is 8.42 Å². The van der Waals surface area contributed by atoms with Gasteiger partial charge in [0.2, 0.25) is 0 Å². The smallest absolute Gasteiger partial charge is 0.151 e. The molecule has 3 N–H and O–H groups in total. The highest BCUT2D eigenvalue weighted by Gasteiger charge is 2.12. The second-order valence-electron chi connectivity index (χ2n) is 4.16. The summed E-state index contributed by atoms with van der Waals surface area (Å²) >= 11 is 0. The number of phenols is 2. The predicted octanol–water partition coefficient (Wildman–Crippen LogP) is 1.18. The molecule has 0 fully saturated rings. The number of benzene rings is 1. The highest BCUT2D eigenvalue weighted by molar-refractivity contribution is 7.91. The molecule has 0 aliphatic carbocycles. The van der Waals surface area contributed by atoms with Gasteiger partial charge in [0, 0.05) is 30.0 Å². The first-order valence-electron chi connectivity index (χ1n) is 5.81. The van der Waals surface area contributed by atoms with Crippen molar-refractivity contribution in [3.8, 4) is 11.5 Å². The molecule has 18 heavy (non-hydrogen) atoms. The minimum absolute atomic E-state index is 0.00277. The van der Waals surface area contributed by atoms with Crippen LogP contribution in [0.2, 0.25) is 0 Å². The third-order valence-electron chi connectivity index (χ3n) is 2.78. The van der Waals surface area contributed by atoms with Crippen molar-refractivity contribution >= 4 is 9.84 Å². The van der Waals surface area contributed by atoms with Crippen molar-refractivity contribution in [2.45, 2.75) is 19.9 Å². The maximum atomic E-state index is 11.3. The Balaban J connectivity index is 2.58. The molecule has 0 aromatic heterocycles. The second kappa shape index (κ2) is 6.06. The van der Waals surface area contributed by atoms with E-state index in [-0.39, 0.29) is 29.0 Å². The van der Waals surface area contributed by atoms with Gasteiger partial charge < -0.3 is 15.5 Å². The average molecular weight is 273 g/mol. The molecule has 0 heterocycles. The number of hydrogen-bond acceptors (Lipinski definition) is 5. The Bertz CT molecular complexity index is 499. The Morgan fingerprint density at radius 1 is 1.33 bits per heavy atom. The molecule has 6 heteroatoms. The fourth-order valence-corrected chi connectivity index (χ4v) is 2.30. The molecule has 0 amide bonds. The van der Waals surface area contributed by atoms with Crippen LogP contribution in [0.25, 0.3) is 0 Å². The first-order chi connectivity index (χ1) is 8.35. The molecular formula is C12H19NO4S. The fraction of sp³-hybridized carbons (Fsp3) is 0.500. The van der Waals surface area contributed by atoms with Crippen LogP contribution >= 0.6 is 0 Å². The molecule has 1 atom stereocenters. The van der Waals surface area contributed by atoms with Gasteiger partial charge in [0.05, 0.1) is 5.75 Å². The van der Waals surface area contributed by atoms with Gasteiger partial charge in [-0.2, -0.15) is 0 Å². The molecule has 0 bridgehead atoms. The van der Waals surface area contributed by atoms with Crippen LogP contribution in [0.5, 0.6) is 11.5 Å². The van der Waals surface area contributed by atoms with Gasteiger partial charge in [-0.1, -0.05) is 13.0 Å². The third-order valence-corrected chi connectivity index (χ3v) is 4.49. The zero-order chi connectivity index (χ0) is 13.8. The van der Waals surface area contributed by atoms with Crippen LogP contribution in [-0.2, 0) is 9.84 Å². The largest absolute Gasteiger partial charge is 0.508 e. The molecule has 0 aliphatic heterocycles. The highest BCUT2D eigenvalue weighted by atomic mass is 32.2. The summed E-state index contributed by atoms with van der Waals surface area (Å²) in [5, 5.41) is 21.9. The average Bonchev–Trinajstić information content (AvgIpc) is 2.28. The molecule has 0 saturated heterocycles. The van der Waals surface area contributed by atoms with Gasteiger partial charge >= 0.3 is 0 Å². The molecule has 1 rings (SSSR count). The van der Waals surface area contributed by atoms with E-state index in [1.54, 1.807) is 13.0 Å². The van der Waals surface area contributed by atoms with Gasteiger partial charge in [0.15, 0.2) is 9.84 Å². The molecule has 0 spiro atoms. The van der Waals surface area contributed by atoms with Crippen LogP contribution in [0.4, 0.5) is 0 Å². The number of hydrogen-bond donors (Lipinski definition) is 3. The zero-order valence-electron chi connectivity index (χ0n) is 10.5. The zero-order valence-corrected chi connectivity index (χ0v) is 11.4. The van der Waals surface area contributed by atoms with E-state index in [9.17, 15) is 18.6 Å². The maximum absolute atomic E-state index is 11.3. The molecule has 0 radical (unpaired) electrons. The monoisotopic (exact) mass is 273 g/mol. The van der Waals surface area contributed by atoms with Crippen LogP contribution in [0.3, 0.4) is 0 Å². The van der Waals surface area contributed by atoms with Crippen LogP contribution in [0, 0.1) is 0 Å². The van der Waals surface area contributed by atoms with E-state index < -0.39 is 9.84 Å². The summed E-state index contributed by atoms with van der Waals surface area (Å²) in [5.74, 6) is 0.200. The van der Waals surface area contributed by atoms with Crippen molar-refractivity contribution in [3.05, 3.63) is 23.8 Å². The number of phenolic OH excluding ortho intramolecular Hbond substituents is 2. The fourth-order valence-electron chi connectivity index (χ4n) is 1.58. The van der Waals surface area contributed by atoms with Gasteiger partial charge in [-0.15, -0.1) is 0 Å². The topological polar surface area (TPSA) is 86.6 Å². The molecule has 1 aromatic carbocycles. The number of nitrogens with one attached hydrogen (secondary N) is 1. The van der Waals surface area contributed by atoms with E-state index in [2.05, 4.69) is 5.32 Å². The normalized spacial score (nSPS) is 13.4. The minimum Gasteiger partial charge on any atom is -0.508 e. The SMILES string of the molecule is CCS(=O)(=O)CCNC(C)c1ccc(O)cc1O. The van der Waals surface area contributed by atoms with E-state index in [1.807, 2.05) is 6.92 Å². The lowest BCUT2D eigenvalue weighted by Crippen LogP contribution is -2.26. The molecular weight excluding hydrogens is 254 g/mol. The Hall–Kier alpha value is -1.27. The van der Waals surface area contributed by atoms with Crippen LogP contribution in [0.15, 0.2) is 18.2 Å². The van der Waals surface area contributed by atoms with Crippen molar-refractivity contribution in [1.29, 1.82) is 0 Å². The summed E-state index contributed by atoms with van der Waals surface area (Å²) in [4.78, 5) is 0. The van der Waals surface area contributed by atoms with Crippen LogP contribution < -0.4 is 5.32 Å². The summed E-state index contributed by atoms with van der Waals surface area (Å²) in [6, 6.07) is 4.17. The lowest BCUT2D eigenvalue weighted by Gasteiger charge is -2.15. The van der Waals surface area contributed by atoms with Gasteiger partial charge in [-0.3, -0.25) is 0 Å². The molecule has 1 unspecified atom stereocenters. The first-order valence-corrected chi connectivity index (χ1v) is 7.63. The van der Waals surface area contributed by atoms with Crippen molar-refractivity contribution in [3.63, 3.8) is 0 Å². The molecule has 5 nitrogen and oxygen atoms in total. The van der Waals surface area contributed by atoms with E-state index >= 15 is 0 Å². The molecule has 0 aliphatic rings. The number of aromatic hydroxyl groups is 2. The Kier molecular flexibility index (Phi) is 4.98. The van der Waals surface area contributed by atoms with Gasteiger partial charge in [0.25, 0.3) is 0 Å². The van der Waals surface area contributed by atoms with E-state index in [0.29, 0.717) is 12.1 Å². The van der Waals surface area contributed by atoms with E-state index in [4.69, 9.17) is 0 Å². The third kappa shape index (κ3) is 4.19. The standard InChI is InChI=1S/C12H19NO4S/c1-3-18(16,17)7-6-13-9(2)11-5-4-10(14)8-12(11)15/h4-5,8-9,13-15H,3,6-7H2,1-2H3. The van der Waals surface area contributed by atoms with E-state index in [0.717, 1.165) is 0 Å². The summed E-state index contributed by atoms with van der Waals surface area (Å²) < 4.78 is 22.6. The van der Waals surface area contributed by atoms with Crippen LogP contribution in [0.1, 0.15) is 25.5 Å². The van der Waals surface area contributed by atoms with Crippen molar-refractivity contribution in [1.82, 2.24) is 5.32 Å². The van der Waals surface area contributed by atoms with Crippen LogP contribution in [-0.4, -0.2) is 36.7 Å². The maximum Gasteiger partial charge on any atom is 0.151 e. The quantitative estimate of drug-likeness (QED) is 0.724. The second-order valence-corrected chi connectivity index (χ2v) is 6.63. The van der Waals surface area contributed by atoms with Crippen molar-refractivity contribution in [2.75, 3.05) is 18.1 Å². The predicted molar refractivity (Wildman–Crippen MR) is 70.5 cm³/mol. The highest BCUT2D eigenvalue weighted by Crippen LogP contribution is 2.27. The summed E-state index contributed by atoms with van der Waals surface area (Å²) in [5.41, 5.74) is 0.627. The lowest BCUT2D eigenvalue weighted by atomic mass is 10.1. The number of rotatable bonds is 6. The van der Waals surface area contributed by atoms with Crippen molar-refractivity contribution in [2.24, 2.45) is 0 Å². The Morgan fingerprint density at radius 2 is 2.00 bits per heavy atom. The van der Waals surface area contributed by atoms with Gasteiger partial charge in [0.1, 0.15) is 11.5 Å². The number of sulfone groups is 1. The van der Waals surface area contributed by atoms with Gasteiger partial charge in [-0.05, 0) is 13.0 Å². The summed E-state index contributed by atoms with van der Waals surface area (Å²) in [6.45, 7) is 3.77. The summed E-state index contributed by atoms with van der Waals surface area (Å²) in [6.07, 6.45) is 0. The molecule has 102 valence electrons. The molecule has 1 aromatic rings.